The van der Waals surface area contributed by atoms with E-state index in [4.69, 9.17) is 4.42 Å². The van der Waals surface area contributed by atoms with Crippen LogP contribution in [-0.4, -0.2) is 10.9 Å². The van der Waals surface area contributed by atoms with Gasteiger partial charge in [-0.2, -0.15) is 0 Å². The molecule has 1 aromatic carbocycles. The Morgan fingerprint density at radius 3 is 2.81 bits per heavy atom. The van der Waals surface area contributed by atoms with Crippen LogP contribution in [0.1, 0.15) is 29.1 Å². The van der Waals surface area contributed by atoms with Crippen LogP contribution in [0.2, 0.25) is 0 Å². The van der Waals surface area contributed by atoms with Gasteiger partial charge in [0.15, 0.2) is 0 Å². The topological polar surface area (TPSA) is 55.1 Å². The first kappa shape index (κ1) is 13.8. The molecule has 5 heteroatoms. The predicted octanol–water partition coefficient (Wildman–Crippen LogP) is 4.08. The smallest absolute Gasteiger partial charge is 0.253 e. The summed E-state index contributed by atoms with van der Waals surface area (Å²) in [6, 6.07) is 13.0. The van der Waals surface area contributed by atoms with E-state index >= 15 is 0 Å². The van der Waals surface area contributed by atoms with Crippen LogP contribution in [0.15, 0.2) is 57.7 Å². The van der Waals surface area contributed by atoms with E-state index in [0.717, 1.165) is 16.7 Å². The molecule has 0 aliphatic carbocycles. The first-order chi connectivity index (χ1) is 10.1. The third-order valence-corrected chi connectivity index (χ3v) is 3.68. The Bertz CT molecular complexity index is 747. The number of hydrogen-bond donors (Lipinski definition) is 1. The molecule has 0 aliphatic heterocycles. The average Bonchev–Trinajstić information content (AvgIpc) is 2.92. The summed E-state index contributed by atoms with van der Waals surface area (Å²) in [6.07, 6.45) is 1.53. The van der Waals surface area contributed by atoms with Crippen LogP contribution < -0.4 is 5.32 Å². The molecule has 0 fully saturated rings. The molecule has 0 bridgehead atoms. The molecule has 1 unspecified atom stereocenters. The minimum Gasteiger partial charge on any atom is -0.459 e. The minimum absolute atomic E-state index is 0.178. The van der Waals surface area contributed by atoms with Crippen molar-refractivity contribution in [2.75, 3.05) is 0 Å². The number of carbonyl (C=O) groups is 1. The van der Waals surface area contributed by atoms with Gasteiger partial charge in [-0.1, -0.05) is 18.2 Å². The van der Waals surface area contributed by atoms with E-state index in [1.54, 1.807) is 12.1 Å². The van der Waals surface area contributed by atoms with Crippen molar-refractivity contribution in [1.82, 2.24) is 10.3 Å². The Morgan fingerprint density at radius 1 is 1.29 bits per heavy atom. The molecular formula is C16H13BrN2O2. The number of halogens is 1. The maximum absolute atomic E-state index is 12.1. The zero-order chi connectivity index (χ0) is 14.8. The number of pyridine rings is 1. The van der Waals surface area contributed by atoms with Crippen LogP contribution >= 0.6 is 15.9 Å². The monoisotopic (exact) mass is 344 g/mol. The highest BCUT2D eigenvalue weighted by molar-refractivity contribution is 9.10. The molecule has 0 spiro atoms. The van der Waals surface area contributed by atoms with Crippen molar-refractivity contribution in [1.29, 1.82) is 0 Å². The van der Waals surface area contributed by atoms with E-state index in [-0.39, 0.29) is 11.9 Å². The molecule has 106 valence electrons. The van der Waals surface area contributed by atoms with E-state index < -0.39 is 0 Å². The van der Waals surface area contributed by atoms with E-state index in [1.807, 2.05) is 37.3 Å². The van der Waals surface area contributed by atoms with Gasteiger partial charge in [0.2, 0.25) is 0 Å². The van der Waals surface area contributed by atoms with Gasteiger partial charge in [-0.3, -0.25) is 4.79 Å². The highest BCUT2D eigenvalue weighted by Crippen LogP contribution is 2.23. The zero-order valence-electron chi connectivity index (χ0n) is 11.3. The summed E-state index contributed by atoms with van der Waals surface area (Å²) in [5.74, 6) is 0.553. The van der Waals surface area contributed by atoms with Gasteiger partial charge in [0.1, 0.15) is 15.9 Å². The van der Waals surface area contributed by atoms with Crippen LogP contribution in [0.25, 0.3) is 11.0 Å². The number of nitrogens with zero attached hydrogens (tertiary/aromatic N) is 1. The number of hydrogen-bond acceptors (Lipinski definition) is 3. The van der Waals surface area contributed by atoms with Gasteiger partial charge in [-0.15, -0.1) is 0 Å². The fraction of sp³-hybridized carbons (Fsp3) is 0.125. The lowest BCUT2D eigenvalue weighted by molar-refractivity contribution is 0.0935. The van der Waals surface area contributed by atoms with Crippen molar-refractivity contribution < 1.29 is 9.21 Å². The van der Waals surface area contributed by atoms with Crippen LogP contribution in [0.5, 0.6) is 0 Å². The molecule has 1 amide bonds. The summed E-state index contributed by atoms with van der Waals surface area (Å²) in [7, 11) is 0. The van der Waals surface area contributed by atoms with Crippen LogP contribution in [0.3, 0.4) is 0 Å². The average molecular weight is 345 g/mol. The Balaban J connectivity index is 1.77. The maximum Gasteiger partial charge on any atom is 0.253 e. The van der Waals surface area contributed by atoms with Crippen molar-refractivity contribution >= 4 is 32.8 Å². The van der Waals surface area contributed by atoms with Crippen LogP contribution in [0.4, 0.5) is 0 Å². The second-order valence-electron chi connectivity index (χ2n) is 4.75. The van der Waals surface area contributed by atoms with E-state index in [1.165, 1.54) is 6.20 Å². The number of furan rings is 1. The molecule has 2 aromatic heterocycles. The summed E-state index contributed by atoms with van der Waals surface area (Å²) < 4.78 is 6.45. The highest BCUT2D eigenvalue weighted by Gasteiger charge is 2.15. The fourth-order valence-corrected chi connectivity index (χ4v) is 2.31. The highest BCUT2D eigenvalue weighted by atomic mass is 79.9. The summed E-state index contributed by atoms with van der Waals surface area (Å²) in [5, 5.41) is 3.93. The molecule has 4 nitrogen and oxygen atoms in total. The third-order valence-electron chi connectivity index (χ3n) is 3.21. The summed E-state index contributed by atoms with van der Waals surface area (Å²) >= 11 is 3.24. The molecule has 1 atom stereocenters. The Kier molecular flexibility index (Phi) is 3.75. The number of benzene rings is 1. The Hall–Kier alpha value is -2.14. The van der Waals surface area contributed by atoms with Crippen molar-refractivity contribution in [3.8, 4) is 0 Å². The van der Waals surface area contributed by atoms with E-state index in [2.05, 4.69) is 26.2 Å². The van der Waals surface area contributed by atoms with Gasteiger partial charge in [-0.25, -0.2) is 4.98 Å². The first-order valence-corrected chi connectivity index (χ1v) is 7.33. The molecule has 0 saturated carbocycles. The maximum atomic E-state index is 12.1. The third kappa shape index (κ3) is 2.97. The number of aromatic nitrogens is 1. The van der Waals surface area contributed by atoms with Gasteiger partial charge in [0, 0.05) is 11.6 Å². The molecule has 1 N–H and O–H groups in total. The van der Waals surface area contributed by atoms with Crippen molar-refractivity contribution in [2.24, 2.45) is 0 Å². The molecule has 21 heavy (non-hydrogen) atoms. The number of para-hydroxylation sites is 1. The number of fused-ring (bicyclic) bond motifs is 1. The van der Waals surface area contributed by atoms with Crippen LogP contribution in [-0.2, 0) is 0 Å². The summed E-state index contributed by atoms with van der Waals surface area (Å²) in [4.78, 5) is 16.2. The second-order valence-corrected chi connectivity index (χ2v) is 5.56. The fourth-order valence-electron chi connectivity index (χ4n) is 2.08. The van der Waals surface area contributed by atoms with Gasteiger partial charge in [-0.05, 0) is 47.1 Å². The lowest BCUT2D eigenvalue weighted by Crippen LogP contribution is -2.26. The van der Waals surface area contributed by atoms with Gasteiger partial charge >= 0.3 is 0 Å². The quantitative estimate of drug-likeness (QED) is 0.728. The molecular weight excluding hydrogens is 332 g/mol. The summed E-state index contributed by atoms with van der Waals surface area (Å²) in [5.41, 5.74) is 1.33. The molecule has 2 heterocycles. The Labute approximate surface area is 130 Å². The molecule has 3 rings (SSSR count). The number of carbonyl (C=O) groups excluding carboxylic acids is 1. The van der Waals surface area contributed by atoms with E-state index in [9.17, 15) is 4.79 Å². The number of amides is 1. The SMILES string of the molecule is CC(NC(=O)c1ccc(Br)nc1)c1cc2ccccc2o1. The second kappa shape index (κ2) is 5.69. The standard InChI is InChI=1S/C16H13BrN2O2/c1-10(14-8-11-4-2-3-5-13(11)21-14)19-16(20)12-6-7-15(17)18-9-12/h2-10H,1H3,(H,19,20). The normalized spacial score (nSPS) is 12.3. The largest absolute Gasteiger partial charge is 0.459 e. The number of nitrogens with one attached hydrogen (secondary N) is 1. The first-order valence-electron chi connectivity index (χ1n) is 6.54. The van der Waals surface area contributed by atoms with E-state index in [0.29, 0.717) is 10.2 Å². The molecule has 0 saturated heterocycles. The van der Waals surface area contributed by atoms with Crippen molar-refractivity contribution in [2.45, 2.75) is 13.0 Å². The van der Waals surface area contributed by atoms with Crippen LogP contribution in [0, 0.1) is 0 Å². The van der Waals surface area contributed by atoms with Gasteiger partial charge < -0.3 is 9.73 Å². The van der Waals surface area contributed by atoms with Gasteiger partial charge in [0.05, 0.1) is 11.6 Å². The minimum atomic E-state index is -0.214. The molecule has 0 aliphatic rings. The lowest BCUT2D eigenvalue weighted by atomic mass is 10.2. The van der Waals surface area contributed by atoms with Crippen molar-refractivity contribution in [3.63, 3.8) is 0 Å². The number of rotatable bonds is 3. The lowest BCUT2D eigenvalue weighted by Gasteiger charge is -2.11. The predicted molar refractivity (Wildman–Crippen MR) is 84.0 cm³/mol. The molecule has 3 aromatic rings. The molecule has 0 radical (unpaired) electrons. The van der Waals surface area contributed by atoms with Gasteiger partial charge in [0.25, 0.3) is 5.91 Å². The Morgan fingerprint density at radius 2 is 2.10 bits per heavy atom. The van der Waals surface area contributed by atoms with Crippen molar-refractivity contribution in [3.05, 3.63) is 64.6 Å². The summed E-state index contributed by atoms with van der Waals surface area (Å²) in [6.45, 7) is 1.89. The zero-order valence-corrected chi connectivity index (χ0v) is 12.9.